The van der Waals surface area contributed by atoms with Crippen LogP contribution < -0.4 is 0 Å². The number of aromatic nitrogens is 4. The molecule has 0 fully saturated rings. The average Bonchev–Trinajstić information content (AvgIpc) is 2.77. The van der Waals surface area contributed by atoms with Gasteiger partial charge in [0.1, 0.15) is 23.4 Å². The molecule has 0 aliphatic heterocycles. The molecule has 0 bridgehead atoms. The van der Waals surface area contributed by atoms with Gasteiger partial charge in [0.2, 0.25) is 0 Å². The number of H-pyrrole nitrogens is 1. The molecule has 2 aromatic rings. The second-order valence-corrected chi connectivity index (χ2v) is 3.45. The van der Waals surface area contributed by atoms with Crippen molar-refractivity contribution in [1.29, 1.82) is 0 Å². The summed E-state index contributed by atoms with van der Waals surface area (Å²) in [4.78, 5) is 6.45. The first-order valence-corrected chi connectivity index (χ1v) is 4.70. The van der Waals surface area contributed by atoms with Crippen molar-refractivity contribution >= 4 is 0 Å². The van der Waals surface area contributed by atoms with Crippen LogP contribution in [0.3, 0.4) is 0 Å². The summed E-state index contributed by atoms with van der Waals surface area (Å²) < 4.78 is 74.0. The maximum absolute atomic E-state index is 12.4. The lowest BCUT2D eigenvalue weighted by Crippen LogP contribution is -2.08. The molecule has 0 radical (unpaired) electrons. The highest BCUT2D eigenvalue weighted by Gasteiger charge is 2.35. The number of nitrogens with zero attached hydrogens (tertiary/aromatic N) is 3. The Bertz CT molecular complexity index is 585. The summed E-state index contributed by atoms with van der Waals surface area (Å²) >= 11 is 0. The predicted molar refractivity (Wildman–Crippen MR) is 49.6 cm³/mol. The van der Waals surface area contributed by atoms with Crippen LogP contribution in [0, 0.1) is 0 Å². The summed E-state index contributed by atoms with van der Waals surface area (Å²) in [5, 5.41) is 4.96. The van der Waals surface area contributed by atoms with Crippen molar-refractivity contribution < 1.29 is 26.3 Å². The van der Waals surface area contributed by atoms with Crippen LogP contribution in [0.15, 0.2) is 18.5 Å². The molecule has 2 rings (SSSR count). The van der Waals surface area contributed by atoms with Crippen LogP contribution in [0.1, 0.15) is 11.4 Å². The molecule has 0 amide bonds. The zero-order chi connectivity index (χ0) is 14.3. The molecule has 2 heterocycles. The molecule has 2 aromatic heterocycles. The van der Waals surface area contributed by atoms with Crippen molar-refractivity contribution in [3.8, 4) is 11.4 Å². The summed E-state index contributed by atoms with van der Waals surface area (Å²) in [6.45, 7) is 0. The van der Waals surface area contributed by atoms with Gasteiger partial charge in [-0.15, -0.1) is 0 Å². The van der Waals surface area contributed by atoms with Gasteiger partial charge in [0.05, 0.1) is 5.69 Å². The molecule has 10 heteroatoms. The van der Waals surface area contributed by atoms with E-state index in [4.69, 9.17) is 0 Å². The van der Waals surface area contributed by atoms with E-state index in [9.17, 15) is 26.3 Å². The topological polar surface area (TPSA) is 54.5 Å². The largest absolute Gasteiger partial charge is 0.433 e. The maximum Gasteiger partial charge on any atom is 0.433 e. The smallest absolute Gasteiger partial charge is 0.273 e. The van der Waals surface area contributed by atoms with Gasteiger partial charge in [0.25, 0.3) is 0 Å². The van der Waals surface area contributed by atoms with Crippen molar-refractivity contribution in [3.63, 3.8) is 0 Å². The van der Waals surface area contributed by atoms with E-state index in [2.05, 4.69) is 15.1 Å². The highest BCUT2D eigenvalue weighted by Crippen LogP contribution is 2.32. The van der Waals surface area contributed by atoms with Crippen LogP contribution in [0.2, 0.25) is 0 Å². The van der Waals surface area contributed by atoms with Crippen LogP contribution in [0.25, 0.3) is 11.4 Å². The number of hydrogen-bond acceptors (Lipinski definition) is 3. The Morgan fingerprint density at radius 3 is 2.05 bits per heavy atom. The quantitative estimate of drug-likeness (QED) is 0.818. The van der Waals surface area contributed by atoms with Crippen LogP contribution in [-0.2, 0) is 12.4 Å². The Balaban J connectivity index is 2.40. The lowest BCUT2D eigenvalue weighted by molar-refractivity contribution is -0.142. The molecule has 102 valence electrons. The molecule has 0 aromatic carbocycles. The molecule has 0 aliphatic carbocycles. The standard InChI is InChI=1S/C9H4F6N4/c10-8(11,12)6-1-4(16-3-17-6)5-2-7(19-18-5)9(13,14)15/h1-3H,(H,18,19). The van der Waals surface area contributed by atoms with E-state index in [-0.39, 0.29) is 11.4 Å². The van der Waals surface area contributed by atoms with Crippen molar-refractivity contribution in [3.05, 3.63) is 29.8 Å². The number of rotatable bonds is 1. The normalized spacial score (nSPS) is 12.7. The van der Waals surface area contributed by atoms with E-state index in [1.165, 1.54) is 0 Å². The fraction of sp³-hybridized carbons (Fsp3) is 0.222. The zero-order valence-corrected chi connectivity index (χ0v) is 8.84. The van der Waals surface area contributed by atoms with Crippen molar-refractivity contribution in [1.82, 2.24) is 20.2 Å². The van der Waals surface area contributed by atoms with Crippen molar-refractivity contribution in [2.24, 2.45) is 0 Å². The van der Waals surface area contributed by atoms with Gasteiger partial charge in [-0.3, -0.25) is 5.10 Å². The van der Waals surface area contributed by atoms with Crippen LogP contribution in [0.4, 0.5) is 26.3 Å². The zero-order valence-electron chi connectivity index (χ0n) is 8.84. The first kappa shape index (κ1) is 13.3. The van der Waals surface area contributed by atoms with E-state index in [0.29, 0.717) is 18.5 Å². The van der Waals surface area contributed by atoms with Gasteiger partial charge < -0.3 is 0 Å². The summed E-state index contributed by atoms with van der Waals surface area (Å²) in [5.74, 6) is 0. The number of hydrogen-bond donors (Lipinski definition) is 1. The van der Waals surface area contributed by atoms with E-state index in [1.54, 1.807) is 5.10 Å². The number of alkyl halides is 6. The summed E-state index contributed by atoms with van der Waals surface area (Å²) in [5.41, 5.74) is -3.13. The van der Waals surface area contributed by atoms with Gasteiger partial charge in [-0.25, -0.2) is 9.97 Å². The minimum atomic E-state index is -4.71. The van der Waals surface area contributed by atoms with Crippen LogP contribution >= 0.6 is 0 Å². The summed E-state index contributed by atoms with van der Waals surface area (Å²) in [6.07, 6.45) is -8.76. The third-order valence-electron chi connectivity index (χ3n) is 2.10. The fourth-order valence-corrected chi connectivity index (χ4v) is 1.25. The molecule has 0 atom stereocenters. The summed E-state index contributed by atoms with van der Waals surface area (Å²) in [6, 6.07) is 1.10. The molecular weight excluding hydrogens is 278 g/mol. The fourth-order valence-electron chi connectivity index (χ4n) is 1.25. The van der Waals surface area contributed by atoms with Crippen LogP contribution in [0.5, 0.6) is 0 Å². The third-order valence-corrected chi connectivity index (χ3v) is 2.10. The Kier molecular flexibility index (Phi) is 2.95. The van der Waals surface area contributed by atoms with Gasteiger partial charge >= 0.3 is 12.4 Å². The maximum atomic E-state index is 12.4. The van der Waals surface area contributed by atoms with Gasteiger partial charge in [-0.1, -0.05) is 0 Å². The van der Waals surface area contributed by atoms with E-state index in [0.717, 1.165) is 0 Å². The molecular formula is C9H4F6N4. The molecule has 0 aliphatic rings. The Hall–Kier alpha value is -2.13. The lowest BCUT2D eigenvalue weighted by atomic mass is 10.2. The SMILES string of the molecule is FC(F)(F)c1cc(-c2cc(C(F)(F)F)[nH]n2)ncn1. The molecule has 1 N–H and O–H groups in total. The second kappa shape index (κ2) is 4.21. The van der Waals surface area contributed by atoms with E-state index >= 15 is 0 Å². The molecule has 0 saturated heterocycles. The van der Waals surface area contributed by atoms with E-state index < -0.39 is 23.7 Å². The Labute approximate surface area is 101 Å². The number of halogens is 6. The molecule has 0 saturated carbocycles. The Morgan fingerprint density at radius 1 is 0.842 bits per heavy atom. The van der Waals surface area contributed by atoms with Crippen LogP contribution in [-0.4, -0.2) is 20.2 Å². The number of nitrogens with one attached hydrogen (secondary N) is 1. The first-order valence-electron chi connectivity index (χ1n) is 4.70. The highest BCUT2D eigenvalue weighted by atomic mass is 19.4. The van der Waals surface area contributed by atoms with Gasteiger partial charge in [-0.2, -0.15) is 31.4 Å². The average molecular weight is 282 g/mol. The summed E-state index contributed by atoms with van der Waals surface area (Å²) in [7, 11) is 0. The molecule has 0 unspecified atom stereocenters. The van der Waals surface area contributed by atoms with Gasteiger partial charge in [0.15, 0.2) is 0 Å². The van der Waals surface area contributed by atoms with Gasteiger partial charge in [-0.05, 0) is 12.1 Å². The second-order valence-electron chi connectivity index (χ2n) is 3.45. The lowest BCUT2D eigenvalue weighted by Gasteiger charge is -2.05. The predicted octanol–water partition coefficient (Wildman–Crippen LogP) is 2.90. The molecule has 4 nitrogen and oxygen atoms in total. The third kappa shape index (κ3) is 2.83. The van der Waals surface area contributed by atoms with E-state index in [1.807, 2.05) is 0 Å². The molecule has 19 heavy (non-hydrogen) atoms. The highest BCUT2D eigenvalue weighted by molar-refractivity contribution is 5.54. The van der Waals surface area contributed by atoms with Crippen molar-refractivity contribution in [2.45, 2.75) is 12.4 Å². The van der Waals surface area contributed by atoms with Gasteiger partial charge in [0, 0.05) is 0 Å². The Morgan fingerprint density at radius 2 is 1.53 bits per heavy atom. The minimum Gasteiger partial charge on any atom is -0.273 e. The number of aromatic amines is 1. The first-order chi connectivity index (χ1) is 8.68. The van der Waals surface area contributed by atoms with Crippen molar-refractivity contribution in [2.75, 3.05) is 0 Å². The molecule has 0 spiro atoms. The minimum absolute atomic E-state index is 0.347. The monoisotopic (exact) mass is 282 g/mol.